The summed E-state index contributed by atoms with van der Waals surface area (Å²) < 4.78 is 0. The zero-order valence-electron chi connectivity index (χ0n) is 51.8. The van der Waals surface area contributed by atoms with Crippen molar-refractivity contribution >= 4 is 65.4 Å². The molecule has 0 aromatic heterocycles. The van der Waals surface area contributed by atoms with Gasteiger partial charge in [-0.25, -0.2) is 0 Å². The third kappa shape index (κ3) is 18.5. The molecule has 8 atom stereocenters. The molecule has 2 unspecified atom stereocenters. The Morgan fingerprint density at radius 3 is 1.93 bits per heavy atom. The van der Waals surface area contributed by atoms with Crippen molar-refractivity contribution in [1.82, 2.24) is 60.9 Å². The Labute approximate surface area is 492 Å². The number of hydrogen-bond acceptors (Lipinski definition) is 13. The van der Waals surface area contributed by atoms with Crippen LogP contribution in [0.5, 0.6) is 0 Å². The summed E-state index contributed by atoms with van der Waals surface area (Å²) in [7, 11) is 10.4. The maximum atomic E-state index is 15.2. The first kappa shape index (κ1) is 69.0. The fraction of sp³-hybridized carbons (Fsp3) is 0.717. The summed E-state index contributed by atoms with van der Waals surface area (Å²) in [5.74, 6) is -6.07. The molecular weight excluding hydrogens is 1060 g/mol. The zero-order chi connectivity index (χ0) is 61.9. The number of rotatable bonds is 30. The molecule has 1 aromatic carbocycles. The number of amides is 10. The van der Waals surface area contributed by atoms with Crippen LogP contribution in [0.15, 0.2) is 30.3 Å². The molecule has 2 heterocycles. The van der Waals surface area contributed by atoms with Gasteiger partial charge >= 0.3 is 0 Å². The second-order valence-electron chi connectivity index (χ2n) is 23.9. The van der Waals surface area contributed by atoms with Crippen molar-refractivity contribution in [3.05, 3.63) is 35.9 Å². The van der Waals surface area contributed by atoms with E-state index >= 15 is 9.59 Å². The van der Waals surface area contributed by atoms with Crippen LogP contribution in [-0.4, -0.2) is 230 Å². The molecule has 0 spiro atoms. The van der Waals surface area contributed by atoms with Gasteiger partial charge < -0.3 is 55.0 Å². The molecule has 10 amide bonds. The van der Waals surface area contributed by atoms with Gasteiger partial charge in [-0.3, -0.25) is 58.6 Å². The molecule has 0 bridgehead atoms. The number of nitrogens with one attached hydrogen (secondary N) is 5. The minimum atomic E-state index is -1.42. The molecular formula is C60H98N12O11. The molecule has 1 aliphatic carbocycles. The molecule has 5 N–H and O–H groups in total. The number of aryl methyl sites for hydroxylation is 1. The van der Waals surface area contributed by atoms with Gasteiger partial charge in [-0.1, -0.05) is 91.1 Å². The third-order valence-corrected chi connectivity index (χ3v) is 17.0. The molecule has 2 saturated heterocycles. The van der Waals surface area contributed by atoms with E-state index in [4.69, 9.17) is 0 Å². The van der Waals surface area contributed by atoms with E-state index in [1.165, 1.54) is 71.7 Å². The molecule has 83 heavy (non-hydrogen) atoms. The molecule has 23 nitrogen and oxygen atoms in total. The first-order valence-corrected chi connectivity index (χ1v) is 29.9. The smallest absolute Gasteiger partial charge is 0.248 e. The number of likely N-dealkylation sites (tertiary alicyclic amines) is 2. The number of nitrogens with zero attached hydrogens (tertiary/aromatic N) is 7. The molecule has 1 aromatic rings. The van der Waals surface area contributed by atoms with Gasteiger partial charge in [0.25, 0.3) is 0 Å². The van der Waals surface area contributed by atoms with Gasteiger partial charge in [0.2, 0.25) is 59.1 Å². The minimum Gasteiger partial charge on any atom is -0.358 e. The predicted octanol–water partition coefficient (Wildman–Crippen LogP) is 1.52. The molecule has 2 aliphatic heterocycles. The van der Waals surface area contributed by atoms with Gasteiger partial charge in [0.15, 0.2) is 6.29 Å². The average Bonchev–Trinajstić information content (AvgIpc) is 4.19. The van der Waals surface area contributed by atoms with E-state index in [-0.39, 0.29) is 50.1 Å². The van der Waals surface area contributed by atoms with Gasteiger partial charge in [0.1, 0.15) is 41.9 Å². The van der Waals surface area contributed by atoms with Crippen LogP contribution in [-0.2, 0) is 59.2 Å². The highest BCUT2D eigenvalue weighted by molar-refractivity contribution is 6.00. The molecule has 4 rings (SSSR count). The van der Waals surface area contributed by atoms with Crippen LogP contribution >= 0.6 is 0 Å². The highest BCUT2D eigenvalue weighted by Crippen LogP contribution is 2.34. The Morgan fingerprint density at radius 1 is 0.723 bits per heavy atom. The van der Waals surface area contributed by atoms with E-state index < -0.39 is 113 Å². The van der Waals surface area contributed by atoms with Crippen molar-refractivity contribution in [2.45, 2.75) is 179 Å². The highest BCUT2D eigenvalue weighted by Gasteiger charge is 2.50. The zero-order valence-corrected chi connectivity index (χ0v) is 51.8. The van der Waals surface area contributed by atoms with Crippen LogP contribution in [0.1, 0.15) is 131 Å². The third-order valence-electron chi connectivity index (χ3n) is 17.0. The summed E-state index contributed by atoms with van der Waals surface area (Å²) in [5, 5.41) is 14.4. The van der Waals surface area contributed by atoms with Crippen molar-refractivity contribution in [3.8, 4) is 0 Å². The van der Waals surface area contributed by atoms with Gasteiger partial charge in [-0.15, -0.1) is 0 Å². The van der Waals surface area contributed by atoms with Gasteiger partial charge in [0.05, 0.1) is 25.6 Å². The predicted molar refractivity (Wildman–Crippen MR) is 314 cm³/mol. The standard InChI is InChI=1S/C60H98N12O11/c1-14-41(6)51(57(81)67(10)37-50(76)66(9)36-48(74)62-8)64-53(77)45(34-39(2)3)68(11)49(75)35-46(56(80)71-31-21-16-22-32-71)69(12)58(82)52(40(4)5)70(13)59(83)60(29-19-20-30-60)65-54(78)44-26-23-33-72(44)55(79)43(63-47(38-73)61-7)28-27-42-24-17-15-18-25-42/h15,17-18,24-25,38-41,43-47,51-52,61,63H,14,16,19-23,26-37H2,1-13H3,(H,62,74)(H,64,77)(H,65,78)/t41-,43-,44?,45-,46-,47?,51-,52-/m0/s1. The van der Waals surface area contributed by atoms with Crippen LogP contribution in [0, 0.1) is 17.8 Å². The number of carbonyl (C=O) groups is 11. The maximum absolute atomic E-state index is 15.2. The number of hydrogen-bond donors (Lipinski definition) is 5. The Morgan fingerprint density at radius 2 is 1.36 bits per heavy atom. The van der Waals surface area contributed by atoms with Gasteiger partial charge in [-0.2, -0.15) is 0 Å². The summed E-state index contributed by atoms with van der Waals surface area (Å²) in [6, 6.07) is 3.22. The summed E-state index contributed by atoms with van der Waals surface area (Å²) >= 11 is 0. The largest absolute Gasteiger partial charge is 0.358 e. The lowest BCUT2D eigenvalue weighted by molar-refractivity contribution is -0.156. The molecule has 0 radical (unpaired) electrons. The second kappa shape index (κ2) is 32.5. The fourth-order valence-corrected chi connectivity index (χ4v) is 11.6. The van der Waals surface area contributed by atoms with Crippen LogP contribution in [0.25, 0.3) is 0 Å². The van der Waals surface area contributed by atoms with Crippen molar-refractivity contribution in [2.75, 3.05) is 82.1 Å². The summed E-state index contributed by atoms with van der Waals surface area (Å²) in [5.41, 5.74) is -0.410. The van der Waals surface area contributed by atoms with Crippen molar-refractivity contribution in [1.29, 1.82) is 0 Å². The van der Waals surface area contributed by atoms with Crippen molar-refractivity contribution < 1.29 is 52.7 Å². The molecule has 3 fully saturated rings. The normalized spacial score (nSPS) is 18.4. The lowest BCUT2D eigenvalue weighted by Crippen LogP contribution is -2.65. The highest BCUT2D eigenvalue weighted by atomic mass is 16.2. The molecule has 3 aliphatic rings. The van der Waals surface area contributed by atoms with Gasteiger partial charge in [0, 0.05) is 61.9 Å². The maximum Gasteiger partial charge on any atom is 0.248 e. The Kier molecular flexibility index (Phi) is 27.1. The Hall–Kier alpha value is -6.49. The topological polar surface area (TPSA) is 271 Å². The Bertz CT molecular complexity index is 2400. The van der Waals surface area contributed by atoms with Crippen LogP contribution in [0.2, 0.25) is 0 Å². The minimum absolute atomic E-state index is 0.122. The van der Waals surface area contributed by atoms with Crippen LogP contribution in [0.4, 0.5) is 0 Å². The lowest BCUT2D eigenvalue weighted by Gasteiger charge is -2.42. The fourth-order valence-electron chi connectivity index (χ4n) is 11.6. The number of benzene rings is 1. The van der Waals surface area contributed by atoms with Crippen LogP contribution in [0.3, 0.4) is 0 Å². The quantitative estimate of drug-likeness (QED) is 0.0541. The number of piperidine rings is 1. The van der Waals surface area contributed by atoms with E-state index in [1.807, 2.05) is 51.1 Å². The first-order chi connectivity index (χ1) is 39.3. The summed E-state index contributed by atoms with van der Waals surface area (Å²) in [6.45, 7) is 11.5. The van der Waals surface area contributed by atoms with E-state index in [2.05, 4.69) is 26.6 Å². The molecule has 464 valence electrons. The summed E-state index contributed by atoms with van der Waals surface area (Å²) in [6.07, 6.45) is 5.93. The van der Waals surface area contributed by atoms with E-state index in [0.29, 0.717) is 70.9 Å². The summed E-state index contributed by atoms with van der Waals surface area (Å²) in [4.78, 5) is 164. The van der Waals surface area contributed by atoms with E-state index in [1.54, 1.807) is 32.7 Å². The SMILES string of the molecule is CC[C@H](C)[C@H](NC(=O)[C@H](CC(C)C)N(C)C(=O)C[C@@H](C(=O)N1CCCCC1)N(C)C(=O)[C@H](C(C)C)N(C)C(=O)C1(NC(=O)C2CCCN2C(=O)[C@H](CCc2ccccc2)NC(C=O)NC)CCCC1)C(=O)N(C)CC(=O)N(C)CC(=O)NC. The van der Waals surface area contributed by atoms with E-state index in [9.17, 15) is 43.2 Å². The van der Waals surface area contributed by atoms with Gasteiger partial charge in [-0.05, 0) is 94.6 Å². The lowest BCUT2D eigenvalue weighted by atomic mass is 9.91. The number of likely N-dealkylation sites (N-methyl/N-ethyl adjacent to an activating group) is 7. The first-order valence-electron chi connectivity index (χ1n) is 29.9. The van der Waals surface area contributed by atoms with Crippen molar-refractivity contribution in [3.63, 3.8) is 0 Å². The Balaban J connectivity index is 1.60. The van der Waals surface area contributed by atoms with Crippen molar-refractivity contribution in [2.24, 2.45) is 17.8 Å². The second-order valence-corrected chi connectivity index (χ2v) is 23.9. The molecule has 1 saturated carbocycles. The number of aldehydes is 1. The molecule has 23 heteroatoms. The van der Waals surface area contributed by atoms with E-state index in [0.717, 1.165) is 24.8 Å². The monoisotopic (exact) mass is 1160 g/mol. The average molecular weight is 1160 g/mol. The number of carbonyl (C=O) groups excluding carboxylic acids is 11. The van der Waals surface area contributed by atoms with Crippen LogP contribution < -0.4 is 26.6 Å².